The highest BCUT2D eigenvalue weighted by atomic mass is 16.1. The van der Waals surface area contributed by atoms with Crippen molar-refractivity contribution in [3.63, 3.8) is 0 Å². The van der Waals surface area contributed by atoms with E-state index in [0.29, 0.717) is 17.9 Å². The molecule has 0 saturated heterocycles. The van der Waals surface area contributed by atoms with E-state index in [1.165, 1.54) is 0 Å². The number of nitrogens with two attached hydrogens (primary N) is 1. The van der Waals surface area contributed by atoms with E-state index in [4.69, 9.17) is 11.0 Å². The van der Waals surface area contributed by atoms with Gasteiger partial charge in [-0.2, -0.15) is 5.26 Å². The molecule has 0 unspecified atom stereocenters. The van der Waals surface area contributed by atoms with Crippen molar-refractivity contribution >= 4 is 11.7 Å². The molecule has 0 radical (unpaired) electrons. The van der Waals surface area contributed by atoms with Gasteiger partial charge >= 0.3 is 0 Å². The zero-order valence-corrected chi connectivity index (χ0v) is 10.2. The summed E-state index contributed by atoms with van der Waals surface area (Å²) in [5.74, 6) is 0.0954. The molecule has 0 atom stereocenters. The molecule has 1 rings (SSSR count). The van der Waals surface area contributed by atoms with Gasteiger partial charge in [-0.1, -0.05) is 0 Å². The topological polar surface area (TPSA) is 91.8 Å². The average Bonchev–Trinajstić information content (AvgIpc) is 2.26. The van der Waals surface area contributed by atoms with Gasteiger partial charge in [0, 0.05) is 12.7 Å². The van der Waals surface area contributed by atoms with E-state index >= 15 is 0 Å². The van der Waals surface area contributed by atoms with Crippen LogP contribution in [0, 0.1) is 23.7 Å². The molecule has 0 aromatic carbocycles. The Kier molecular flexibility index (Phi) is 3.69. The fourth-order valence-corrected chi connectivity index (χ4v) is 1.23. The molecule has 0 aliphatic carbocycles. The Morgan fingerprint density at radius 2 is 2.29 bits per heavy atom. The Labute approximate surface area is 101 Å². The van der Waals surface area contributed by atoms with Crippen LogP contribution in [0.1, 0.15) is 25.0 Å². The average molecular weight is 232 g/mol. The number of carbonyl (C=O) groups excluding carboxylic acids is 1. The number of primary amides is 1. The second kappa shape index (κ2) is 4.83. The van der Waals surface area contributed by atoms with E-state index in [2.05, 4.69) is 16.4 Å². The molecule has 5 nitrogen and oxygen atoms in total. The predicted octanol–water partition coefficient (Wildman–Crippen LogP) is 1.19. The zero-order chi connectivity index (χ0) is 13.1. The number of amides is 1. The minimum absolute atomic E-state index is 0.341. The van der Waals surface area contributed by atoms with Gasteiger partial charge in [-0.25, -0.2) is 4.98 Å². The molecule has 0 saturated carbocycles. The number of nitrogens with one attached hydrogen (secondary N) is 1. The highest BCUT2D eigenvalue weighted by Crippen LogP contribution is 2.19. The lowest BCUT2D eigenvalue weighted by Gasteiger charge is -2.21. The summed E-state index contributed by atoms with van der Waals surface area (Å²) in [5.41, 5.74) is 5.93. The first-order valence-electron chi connectivity index (χ1n) is 5.28. The molecule has 0 aliphatic heterocycles. The van der Waals surface area contributed by atoms with Crippen LogP contribution in [-0.4, -0.2) is 17.4 Å². The maximum Gasteiger partial charge on any atom is 0.224 e. The number of rotatable bonds is 4. The third kappa shape index (κ3) is 2.94. The molecule has 3 N–H and O–H groups in total. The van der Waals surface area contributed by atoms with Crippen molar-refractivity contribution < 1.29 is 4.79 Å². The van der Waals surface area contributed by atoms with Crippen LogP contribution in [0.25, 0.3) is 0 Å². The number of aryl methyl sites for hydroxylation is 1. The number of carbonyl (C=O) groups is 1. The van der Waals surface area contributed by atoms with Crippen LogP contribution in [-0.2, 0) is 4.79 Å². The van der Waals surface area contributed by atoms with Crippen molar-refractivity contribution in [1.82, 2.24) is 4.98 Å². The zero-order valence-electron chi connectivity index (χ0n) is 10.2. The predicted molar refractivity (Wildman–Crippen MR) is 65.2 cm³/mol. The minimum atomic E-state index is -0.682. The maximum absolute atomic E-state index is 11.2. The highest BCUT2D eigenvalue weighted by molar-refractivity contribution is 5.80. The SMILES string of the molecule is Cc1ccnc(NCC(C)(C)C(N)=O)c1C#N. The molecule has 17 heavy (non-hydrogen) atoms. The van der Waals surface area contributed by atoms with E-state index in [-0.39, 0.29) is 0 Å². The monoisotopic (exact) mass is 232 g/mol. The van der Waals surface area contributed by atoms with E-state index in [1.807, 2.05) is 6.92 Å². The lowest BCUT2D eigenvalue weighted by molar-refractivity contribution is -0.125. The molecular formula is C12H16N4O. The Morgan fingerprint density at radius 1 is 1.65 bits per heavy atom. The van der Waals surface area contributed by atoms with Gasteiger partial charge in [-0.15, -0.1) is 0 Å². The van der Waals surface area contributed by atoms with E-state index in [0.717, 1.165) is 5.56 Å². The van der Waals surface area contributed by atoms with Gasteiger partial charge in [0.1, 0.15) is 11.9 Å². The summed E-state index contributed by atoms with van der Waals surface area (Å²) in [6.07, 6.45) is 1.62. The van der Waals surface area contributed by atoms with Crippen molar-refractivity contribution in [2.45, 2.75) is 20.8 Å². The van der Waals surface area contributed by atoms with Gasteiger partial charge in [0.25, 0.3) is 0 Å². The van der Waals surface area contributed by atoms with Crippen molar-refractivity contribution in [3.05, 3.63) is 23.4 Å². The van der Waals surface area contributed by atoms with Gasteiger partial charge in [-0.3, -0.25) is 4.79 Å². The lowest BCUT2D eigenvalue weighted by atomic mass is 9.93. The molecule has 1 amide bonds. The summed E-state index contributed by atoms with van der Waals surface area (Å²) in [6.45, 7) is 5.66. The molecule has 0 fully saturated rings. The van der Waals surface area contributed by atoms with Crippen LogP contribution in [0.2, 0.25) is 0 Å². The molecule has 0 bridgehead atoms. The van der Waals surface area contributed by atoms with E-state index < -0.39 is 11.3 Å². The summed E-state index contributed by atoms with van der Waals surface area (Å²) >= 11 is 0. The standard InChI is InChI=1S/C12H16N4O/c1-8-4-5-15-10(9(8)6-13)16-7-12(2,3)11(14)17/h4-5H,7H2,1-3H3,(H2,14,17)(H,15,16). The van der Waals surface area contributed by atoms with Crippen molar-refractivity contribution in [2.24, 2.45) is 11.1 Å². The van der Waals surface area contributed by atoms with Crippen LogP contribution in [0.5, 0.6) is 0 Å². The molecule has 1 aromatic heterocycles. The van der Waals surface area contributed by atoms with Gasteiger partial charge in [0.15, 0.2) is 0 Å². The third-order valence-corrected chi connectivity index (χ3v) is 2.64. The van der Waals surface area contributed by atoms with Gasteiger partial charge in [0.05, 0.1) is 11.0 Å². The first-order chi connectivity index (χ1) is 7.88. The van der Waals surface area contributed by atoms with Crippen molar-refractivity contribution in [3.8, 4) is 6.07 Å². The normalized spacial score (nSPS) is 10.7. The summed E-state index contributed by atoms with van der Waals surface area (Å²) in [5, 5.41) is 12.0. The largest absolute Gasteiger partial charge is 0.369 e. The Bertz CT molecular complexity index is 474. The number of nitrogens with zero attached hydrogens (tertiary/aromatic N) is 2. The van der Waals surface area contributed by atoms with Crippen molar-refractivity contribution in [1.29, 1.82) is 5.26 Å². The second-order valence-electron chi connectivity index (χ2n) is 4.56. The van der Waals surface area contributed by atoms with Gasteiger partial charge in [0.2, 0.25) is 5.91 Å². The van der Waals surface area contributed by atoms with Gasteiger partial charge < -0.3 is 11.1 Å². The molecule has 0 aliphatic rings. The number of hydrogen-bond donors (Lipinski definition) is 2. The quantitative estimate of drug-likeness (QED) is 0.815. The summed E-state index contributed by atoms with van der Waals surface area (Å²) in [7, 11) is 0. The summed E-state index contributed by atoms with van der Waals surface area (Å²) in [6, 6.07) is 3.85. The molecule has 1 heterocycles. The number of hydrogen-bond acceptors (Lipinski definition) is 4. The Morgan fingerprint density at radius 3 is 2.82 bits per heavy atom. The van der Waals surface area contributed by atoms with E-state index in [1.54, 1.807) is 26.1 Å². The molecule has 90 valence electrons. The lowest BCUT2D eigenvalue weighted by Crippen LogP contribution is -2.37. The van der Waals surface area contributed by atoms with Gasteiger partial charge in [-0.05, 0) is 32.4 Å². The molecule has 5 heteroatoms. The highest BCUT2D eigenvalue weighted by Gasteiger charge is 2.25. The van der Waals surface area contributed by atoms with Crippen LogP contribution in [0.15, 0.2) is 12.3 Å². The maximum atomic E-state index is 11.2. The number of anilines is 1. The van der Waals surface area contributed by atoms with Crippen LogP contribution >= 0.6 is 0 Å². The molecular weight excluding hydrogens is 216 g/mol. The fraction of sp³-hybridized carbons (Fsp3) is 0.417. The number of pyridine rings is 1. The second-order valence-corrected chi connectivity index (χ2v) is 4.56. The number of aromatic nitrogens is 1. The number of nitriles is 1. The first-order valence-corrected chi connectivity index (χ1v) is 5.28. The van der Waals surface area contributed by atoms with Crippen LogP contribution in [0.4, 0.5) is 5.82 Å². The third-order valence-electron chi connectivity index (χ3n) is 2.64. The Balaban J connectivity index is 2.88. The fourth-order valence-electron chi connectivity index (χ4n) is 1.23. The van der Waals surface area contributed by atoms with Crippen molar-refractivity contribution in [2.75, 3.05) is 11.9 Å². The summed E-state index contributed by atoms with van der Waals surface area (Å²) < 4.78 is 0. The minimum Gasteiger partial charge on any atom is -0.369 e. The van der Waals surface area contributed by atoms with E-state index in [9.17, 15) is 4.79 Å². The first kappa shape index (κ1) is 13.0. The van der Waals surface area contributed by atoms with Crippen LogP contribution < -0.4 is 11.1 Å². The molecule has 1 aromatic rings. The smallest absolute Gasteiger partial charge is 0.224 e. The summed E-state index contributed by atoms with van der Waals surface area (Å²) in [4.78, 5) is 15.2. The van der Waals surface area contributed by atoms with Crippen LogP contribution in [0.3, 0.4) is 0 Å². The molecule has 0 spiro atoms. The Hall–Kier alpha value is -2.09.